The first-order valence-corrected chi connectivity index (χ1v) is 7.50. The summed E-state index contributed by atoms with van der Waals surface area (Å²) in [6, 6.07) is 8.58. The Bertz CT molecular complexity index is 560. The average molecular weight is 319 g/mol. The van der Waals surface area contributed by atoms with Gasteiger partial charge in [-0.05, 0) is 18.6 Å². The van der Waals surface area contributed by atoms with Gasteiger partial charge in [0.2, 0.25) is 11.7 Å². The first kappa shape index (κ1) is 17.0. The van der Waals surface area contributed by atoms with Crippen molar-refractivity contribution in [3.8, 4) is 5.75 Å². The van der Waals surface area contributed by atoms with Gasteiger partial charge in [0.15, 0.2) is 6.61 Å². The molecule has 0 aliphatic carbocycles. The number of rotatable bonds is 9. The zero-order valence-corrected chi connectivity index (χ0v) is 13.1. The second kappa shape index (κ2) is 8.89. The molecule has 1 unspecified atom stereocenters. The Balaban J connectivity index is 1.71. The Labute approximate surface area is 135 Å². The number of hydrogen-bond acceptors (Lipinski definition) is 6. The maximum atomic E-state index is 12.0. The standard InChI is InChI=1S/C16H21N3O4/c1-22-9-5-8-17-16(21)14-10-13(18-19-14)15(20)11-23-12-6-3-2-4-7-12/h2-4,6-7,14,19H,5,8-11H2,1H3,(H,17,21). The summed E-state index contributed by atoms with van der Waals surface area (Å²) in [6.45, 7) is 1.04. The highest BCUT2D eigenvalue weighted by molar-refractivity contribution is 6.41. The van der Waals surface area contributed by atoms with Gasteiger partial charge in [0, 0.05) is 26.7 Å². The summed E-state index contributed by atoms with van der Waals surface area (Å²) in [7, 11) is 1.61. The number of carbonyl (C=O) groups excluding carboxylic acids is 2. The molecule has 1 aliphatic heterocycles. The van der Waals surface area contributed by atoms with Gasteiger partial charge >= 0.3 is 0 Å². The third-order valence-corrected chi connectivity index (χ3v) is 3.33. The fourth-order valence-electron chi connectivity index (χ4n) is 2.07. The SMILES string of the molecule is COCCCNC(=O)C1CC(C(=O)COc2ccccc2)=NN1. The fourth-order valence-corrected chi connectivity index (χ4v) is 2.07. The van der Waals surface area contributed by atoms with E-state index in [0.717, 1.165) is 6.42 Å². The Morgan fingerprint density at radius 2 is 2.13 bits per heavy atom. The van der Waals surface area contributed by atoms with Crippen LogP contribution in [0.3, 0.4) is 0 Å². The van der Waals surface area contributed by atoms with Gasteiger partial charge in [-0.1, -0.05) is 18.2 Å². The van der Waals surface area contributed by atoms with Crippen molar-refractivity contribution in [2.24, 2.45) is 5.10 Å². The Morgan fingerprint density at radius 1 is 1.35 bits per heavy atom. The van der Waals surface area contributed by atoms with Crippen molar-refractivity contribution in [3.05, 3.63) is 30.3 Å². The highest BCUT2D eigenvalue weighted by Crippen LogP contribution is 2.10. The maximum Gasteiger partial charge on any atom is 0.244 e. The molecule has 0 spiro atoms. The third-order valence-electron chi connectivity index (χ3n) is 3.33. The molecule has 1 aromatic rings. The highest BCUT2D eigenvalue weighted by atomic mass is 16.5. The molecule has 1 amide bonds. The number of nitrogens with zero attached hydrogens (tertiary/aromatic N) is 1. The zero-order valence-electron chi connectivity index (χ0n) is 13.1. The van der Waals surface area contributed by atoms with E-state index in [0.29, 0.717) is 24.6 Å². The van der Waals surface area contributed by atoms with Crippen LogP contribution in [0.5, 0.6) is 5.75 Å². The maximum absolute atomic E-state index is 12.0. The molecule has 2 N–H and O–H groups in total. The molecule has 7 heteroatoms. The quantitative estimate of drug-likeness (QED) is 0.647. The number of methoxy groups -OCH3 is 1. The molecule has 2 rings (SSSR count). The number of hydrazone groups is 1. The average Bonchev–Trinajstić information content (AvgIpc) is 3.07. The number of ether oxygens (including phenoxy) is 2. The van der Waals surface area contributed by atoms with E-state index in [2.05, 4.69) is 15.8 Å². The molecular weight excluding hydrogens is 298 g/mol. The lowest BCUT2D eigenvalue weighted by atomic mass is 10.1. The van der Waals surface area contributed by atoms with Gasteiger partial charge < -0.3 is 14.8 Å². The van der Waals surface area contributed by atoms with Crippen LogP contribution in [0, 0.1) is 0 Å². The van der Waals surface area contributed by atoms with Crippen LogP contribution in [0.4, 0.5) is 0 Å². The summed E-state index contributed by atoms with van der Waals surface area (Å²) < 4.78 is 10.3. The van der Waals surface area contributed by atoms with Gasteiger partial charge in [-0.15, -0.1) is 0 Å². The molecule has 1 aromatic carbocycles. The molecule has 7 nitrogen and oxygen atoms in total. The second-order valence-corrected chi connectivity index (χ2v) is 5.11. The summed E-state index contributed by atoms with van der Waals surface area (Å²) >= 11 is 0. The molecule has 1 heterocycles. The number of hydrogen-bond donors (Lipinski definition) is 2. The summed E-state index contributed by atoms with van der Waals surface area (Å²) in [4.78, 5) is 24.0. The van der Waals surface area contributed by atoms with Crippen LogP contribution in [0.1, 0.15) is 12.8 Å². The Kier molecular flexibility index (Phi) is 6.56. The van der Waals surface area contributed by atoms with Gasteiger partial charge in [0.05, 0.1) is 0 Å². The summed E-state index contributed by atoms with van der Waals surface area (Å²) in [6.07, 6.45) is 1.01. The van der Waals surface area contributed by atoms with Crippen LogP contribution >= 0.6 is 0 Å². The number of ketones is 1. The Hall–Kier alpha value is -2.41. The molecule has 0 fully saturated rings. The van der Waals surface area contributed by atoms with Gasteiger partial charge in [-0.3, -0.25) is 15.0 Å². The molecular formula is C16H21N3O4. The van der Waals surface area contributed by atoms with E-state index in [9.17, 15) is 9.59 Å². The zero-order chi connectivity index (χ0) is 16.5. The van der Waals surface area contributed by atoms with Crippen molar-refractivity contribution < 1.29 is 19.1 Å². The largest absolute Gasteiger partial charge is 0.485 e. The molecule has 23 heavy (non-hydrogen) atoms. The first-order valence-electron chi connectivity index (χ1n) is 7.50. The van der Waals surface area contributed by atoms with Crippen LogP contribution in [0.2, 0.25) is 0 Å². The van der Waals surface area contributed by atoms with Gasteiger partial charge in [0.25, 0.3) is 0 Å². The van der Waals surface area contributed by atoms with Gasteiger partial charge in [-0.2, -0.15) is 5.10 Å². The molecule has 1 atom stereocenters. The lowest BCUT2D eigenvalue weighted by Gasteiger charge is -2.10. The first-order chi connectivity index (χ1) is 11.2. The predicted molar refractivity (Wildman–Crippen MR) is 85.4 cm³/mol. The van der Waals surface area contributed by atoms with Gasteiger partial charge in [0.1, 0.15) is 17.5 Å². The van der Waals surface area contributed by atoms with Crippen LogP contribution in [0.25, 0.3) is 0 Å². The molecule has 1 aliphatic rings. The van der Waals surface area contributed by atoms with Crippen molar-refractivity contribution in [1.29, 1.82) is 0 Å². The smallest absolute Gasteiger partial charge is 0.244 e. The second-order valence-electron chi connectivity index (χ2n) is 5.11. The number of para-hydroxylation sites is 1. The van der Waals surface area contributed by atoms with Gasteiger partial charge in [-0.25, -0.2) is 0 Å². The molecule has 0 bridgehead atoms. The van der Waals surface area contributed by atoms with E-state index in [1.165, 1.54) is 0 Å². The van der Waals surface area contributed by atoms with E-state index in [1.54, 1.807) is 19.2 Å². The number of Topliss-reactive ketones (excluding diaryl/α,β-unsaturated/α-hetero) is 1. The Morgan fingerprint density at radius 3 is 2.87 bits per heavy atom. The monoisotopic (exact) mass is 319 g/mol. The molecule has 0 saturated heterocycles. The number of benzene rings is 1. The molecule has 0 saturated carbocycles. The normalized spacial score (nSPS) is 16.4. The number of nitrogens with one attached hydrogen (secondary N) is 2. The van der Waals surface area contributed by atoms with Crippen LogP contribution < -0.4 is 15.5 Å². The summed E-state index contributed by atoms with van der Waals surface area (Å²) in [5.41, 5.74) is 3.03. The molecule has 0 aromatic heterocycles. The van der Waals surface area contributed by atoms with E-state index in [1.807, 2.05) is 18.2 Å². The van der Waals surface area contributed by atoms with E-state index in [4.69, 9.17) is 9.47 Å². The van der Waals surface area contributed by atoms with Crippen molar-refractivity contribution in [2.75, 3.05) is 26.9 Å². The summed E-state index contributed by atoms with van der Waals surface area (Å²) in [5, 5.41) is 6.73. The van der Waals surface area contributed by atoms with Crippen molar-refractivity contribution >= 4 is 17.4 Å². The van der Waals surface area contributed by atoms with E-state index < -0.39 is 6.04 Å². The predicted octanol–water partition coefficient (Wildman–Crippen LogP) is 0.505. The minimum absolute atomic E-state index is 0.0906. The van der Waals surface area contributed by atoms with Crippen molar-refractivity contribution in [3.63, 3.8) is 0 Å². The van der Waals surface area contributed by atoms with Crippen molar-refractivity contribution in [1.82, 2.24) is 10.7 Å². The number of carbonyl (C=O) groups is 2. The topological polar surface area (TPSA) is 89.0 Å². The number of amides is 1. The lowest BCUT2D eigenvalue weighted by molar-refractivity contribution is -0.122. The molecule has 124 valence electrons. The minimum atomic E-state index is -0.506. The highest BCUT2D eigenvalue weighted by Gasteiger charge is 2.28. The van der Waals surface area contributed by atoms with E-state index >= 15 is 0 Å². The van der Waals surface area contributed by atoms with Crippen LogP contribution in [-0.2, 0) is 14.3 Å². The third kappa shape index (κ3) is 5.37. The van der Waals surface area contributed by atoms with Crippen LogP contribution in [0.15, 0.2) is 35.4 Å². The minimum Gasteiger partial charge on any atom is -0.485 e. The fraction of sp³-hybridized carbons (Fsp3) is 0.438. The summed E-state index contributed by atoms with van der Waals surface area (Å²) in [5.74, 6) is 0.229. The van der Waals surface area contributed by atoms with Crippen LogP contribution in [-0.4, -0.2) is 50.3 Å². The van der Waals surface area contributed by atoms with E-state index in [-0.39, 0.29) is 24.7 Å². The molecule has 0 radical (unpaired) electrons. The lowest BCUT2D eigenvalue weighted by Crippen LogP contribution is -2.41. The van der Waals surface area contributed by atoms with Crippen molar-refractivity contribution in [2.45, 2.75) is 18.9 Å².